The van der Waals surface area contributed by atoms with Crippen molar-refractivity contribution < 1.29 is 9.26 Å². The number of ether oxygens (including phenoxy) is 1. The van der Waals surface area contributed by atoms with E-state index in [0.29, 0.717) is 14.3 Å². The summed E-state index contributed by atoms with van der Waals surface area (Å²) in [5, 5.41) is 0. The fourth-order valence-corrected chi connectivity index (χ4v) is 1.22. The van der Waals surface area contributed by atoms with Crippen LogP contribution in [0.3, 0.4) is 0 Å². The van der Waals surface area contributed by atoms with Gasteiger partial charge in [-0.3, -0.25) is 0 Å². The average molecular weight is 249 g/mol. The van der Waals surface area contributed by atoms with Crippen molar-refractivity contribution in [3.05, 3.63) is 29.8 Å². The fourth-order valence-electron chi connectivity index (χ4n) is 0.834. The van der Waals surface area contributed by atoms with Crippen molar-refractivity contribution >= 4 is 23.0 Å². The van der Waals surface area contributed by atoms with Gasteiger partial charge in [0.25, 0.3) is 0 Å². The average Bonchev–Trinajstić information content (AvgIpc) is 2.09. The Labute approximate surface area is 81.9 Å². The molecule has 0 saturated heterocycles. The van der Waals surface area contributed by atoms with Gasteiger partial charge in [-0.1, -0.05) is 18.2 Å². The standard InChI is InChI=1S/C8H10BrO2P/c1-7-4-2-3-5-8(7)10-6-11-12-9/h2-5,12H,6H2,1H3. The SMILES string of the molecule is Cc1ccccc1OCOPBr. The zero-order valence-electron chi connectivity index (χ0n) is 6.71. The third-order valence-electron chi connectivity index (χ3n) is 1.42. The molecule has 0 aliphatic heterocycles. The van der Waals surface area contributed by atoms with E-state index in [-0.39, 0.29) is 0 Å². The van der Waals surface area contributed by atoms with Crippen molar-refractivity contribution in [2.45, 2.75) is 6.92 Å². The highest BCUT2D eigenvalue weighted by Crippen LogP contribution is 2.22. The minimum atomic E-state index is 0.294. The summed E-state index contributed by atoms with van der Waals surface area (Å²) in [7, 11) is 0.294. The van der Waals surface area contributed by atoms with E-state index in [2.05, 4.69) is 15.5 Å². The van der Waals surface area contributed by atoms with Crippen LogP contribution in [0.2, 0.25) is 0 Å². The molecule has 12 heavy (non-hydrogen) atoms. The summed E-state index contributed by atoms with van der Waals surface area (Å²) in [6, 6.07) is 7.86. The second-order valence-corrected chi connectivity index (χ2v) is 3.66. The van der Waals surface area contributed by atoms with Gasteiger partial charge in [-0.25, -0.2) is 0 Å². The highest BCUT2D eigenvalue weighted by atomic mass is 79.9. The van der Waals surface area contributed by atoms with Gasteiger partial charge < -0.3 is 9.26 Å². The number of para-hydroxylation sites is 1. The number of halogens is 1. The van der Waals surface area contributed by atoms with Gasteiger partial charge in [-0.05, 0) is 34.0 Å². The molecule has 2 nitrogen and oxygen atoms in total. The lowest BCUT2D eigenvalue weighted by atomic mass is 10.2. The normalized spacial score (nSPS) is 10.8. The third-order valence-corrected chi connectivity index (χ3v) is 2.34. The number of hydrogen-bond donors (Lipinski definition) is 0. The first-order valence-corrected chi connectivity index (χ1v) is 6.67. The Kier molecular flexibility index (Phi) is 4.59. The van der Waals surface area contributed by atoms with Crippen LogP contribution in [0.5, 0.6) is 5.75 Å². The summed E-state index contributed by atoms with van der Waals surface area (Å²) in [6.45, 7) is 2.31. The molecule has 1 rings (SSSR count). The lowest BCUT2D eigenvalue weighted by Gasteiger charge is -2.06. The molecule has 0 heterocycles. The third kappa shape index (κ3) is 3.10. The molecule has 0 N–H and O–H groups in total. The van der Waals surface area contributed by atoms with Crippen molar-refractivity contribution in [3.8, 4) is 5.75 Å². The first-order valence-electron chi connectivity index (χ1n) is 3.50. The van der Waals surface area contributed by atoms with Crippen LogP contribution in [0.1, 0.15) is 5.56 Å². The molecule has 0 aromatic heterocycles. The molecule has 0 bridgehead atoms. The van der Waals surface area contributed by atoms with E-state index in [9.17, 15) is 0 Å². The maximum Gasteiger partial charge on any atom is 0.193 e. The predicted octanol–water partition coefficient (Wildman–Crippen LogP) is 3.25. The highest BCUT2D eigenvalue weighted by Gasteiger charge is 1.95. The predicted molar refractivity (Wildman–Crippen MR) is 55.0 cm³/mol. The van der Waals surface area contributed by atoms with Gasteiger partial charge in [-0.15, -0.1) is 0 Å². The van der Waals surface area contributed by atoms with Crippen LogP contribution >= 0.6 is 23.0 Å². The van der Waals surface area contributed by atoms with Crippen molar-refractivity contribution in [1.82, 2.24) is 0 Å². The lowest BCUT2D eigenvalue weighted by molar-refractivity contribution is 0.139. The fraction of sp³-hybridized carbons (Fsp3) is 0.250. The first kappa shape index (κ1) is 9.97. The van der Waals surface area contributed by atoms with E-state index in [0.717, 1.165) is 11.3 Å². The summed E-state index contributed by atoms with van der Waals surface area (Å²) in [6.07, 6.45) is 0. The lowest BCUT2D eigenvalue weighted by Crippen LogP contribution is -1.97. The second-order valence-electron chi connectivity index (χ2n) is 2.25. The molecule has 0 aliphatic carbocycles. The van der Waals surface area contributed by atoms with Crippen molar-refractivity contribution in [3.63, 3.8) is 0 Å². The Balaban J connectivity index is 2.46. The molecule has 1 atom stereocenters. The zero-order chi connectivity index (χ0) is 8.81. The van der Waals surface area contributed by atoms with Crippen LogP contribution in [0, 0.1) is 6.92 Å². The number of rotatable bonds is 4. The van der Waals surface area contributed by atoms with Crippen LogP contribution in [-0.4, -0.2) is 6.79 Å². The quantitative estimate of drug-likeness (QED) is 0.463. The molecule has 0 spiro atoms. The molecule has 1 unspecified atom stereocenters. The summed E-state index contributed by atoms with van der Waals surface area (Å²) in [5.41, 5.74) is 1.12. The van der Waals surface area contributed by atoms with E-state index in [1.54, 1.807) is 0 Å². The Hall–Kier alpha value is -0.110. The smallest absolute Gasteiger partial charge is 0.193 e. The van der Waals surface area contributed by atoms with Crippen molar-refractivity contribution in [1.29, 1.82) is 0 Å². The summed E-state index contributed by atoms with van der Waals surface area (Å²) >= 11 is 3.17. The largest absolute Gasteiger partial charge is 0.467 e. The molecule has 1 aromatic carbocycles. The van der Waals surface area contributed by atoms with Gasteiger partial charge in [-0.2, -0.15) is 0 Å². The Morgan fingerprint density at radius 1 is 1.42 bits per heavy atom. The van der Waals surface area contributed by atoms with E-state index < -0.39 is 0 Å². The highest BCUT2D eigenvalue weighted by molar-refractivity contribution is 9.36. The van der Waals surface area contributed by atoms with E-state index >= 15 is 0 Å². The number of hydrogen-bond acceptors (Lipinski definition) is 2. The second kappa shape index (κ2) is 5.52. The monoisotopic (exact) mass is 248 g/mol. The zero-order valence-corrected chi connectivity index (χ0v) is 9.30. The molecule has 0 amide bonds. The maximum absolute atomic E-state index is 5.33. The molecule has 66 valence electrons. The first-order chi connectivity index (χ1) is 5.84. The minimum Gasteiger partial charge on any atom is -0.467 e. The van der Waals surface area contributed by atoms with Gasteiger partial charge in [0.05, 0.1) is 7.51 Å². The molecule has 0 fully saturated rings. The summed E-state index contributed by atoms with van der Waals surface area (Å²) in [5.74, 6) is 0.878. The molecular weight excluding hydrogens is 239 g/mol. The Morgan fingerprint density at radius 2 is 2.17 bits per heavy atom. The maximum atomic E-state index is 5.33. The molecule has 4 heteroatoms. The van der Waals surface area contributed by atoms with Crippen molar-refractivity contribution in [2.24, 2.45) is 0 Å². The molecule has 1 aromatic rings. The Bertz CT molecular complexity index is 242. The van der Waals surface area contributed by atoms with Crippen LogP contribution in [0.25, 0.3) is 0 Å². The van der Waals surface area contributed by atoms with Crippen LogP contribution < -0.4 is 4.74 Å². The summed E-state index contributed by atoms with van der Waals surface area (Å²) in [4.78, 5) is 0. The van der Waals surface area contributed by atoms with Crippen LogP contribution in [0.15, 0.2) is 24.3 Å². The van der Waals surface area contributed by atoms with Crippen LogP contribution in [-0.2, 0) is 4.52 Å². The van der Waals surface area contributed by atoms with E-state index in [4.69, 9.17) is 9.26 Å². The van der Waals surface area contributed by atoms with Gasteiger partial charge in [0.15, 0.2) is 6.79 Å². The van der Waals surface area contributed by atoms with Gasteiger partial charge in [0, 0.05) is 0 Å². The van der Waals surface area contributed by atoms with E-state index in [1.807, 2.05) is 31.2 Å². The number of aryl methyl sites for hydroxylation is 1. The van der Waals surface area contributed by atoms with Gasteiger partial charge in [0.1, 0.15) is 5.75 Å². The topological polar surface area (TPSA) is 18.5 Å². The minimum absolute atomic E-state index is 0.294. The molecular formula is C8H10BrO2P. The van der Waals surface area contributed by atoms with E-state index in [1.165, 1.54) is 0 Å². The molecule has 0 aliphatic rings. The van der Waals surface area contributed by atoms with Crippen LogP contribution in [0.4, 0.5) is 0 Å². The molecule has 0 saturated carbocycles. The van der Waals surface area contributed by atoms with Crippen molar-refractivity contribution in [2.75, 3.05) is 6.79 Å². The van der Waals surface area contributed by atoms with Gasteiger partial charge in [0.2, 0.25) is 0 Å². The summed E-state index contributed by atoms with van der Waals surface area (Å²) < 4.78 is 10.3. The number of benzene rings is 1. The van der Waals surface area contributed by atoms with Gasteiger partial charge >= 0.3 is 0 Å². The molecule has 0 radical (unpaired) electrons. The Morgan fingerprint density at radius 3 is 2.83 bits per heavy atom.